The van der Waals surface area contributed by atoms with Crippen LogP contribution >= 0.6 is 11.8 Å². The Balaban J connectivity index is 2.61. The number of nitrogen functional groups attached to an aromatic ring is 1. The molecular formula is C11H22N4O2S. The van der Waals surface area contributed by atoms with Gasteiger partial charge in [-0.15, -0.1) is 10.2 Å². The molecule has 0 unspecified atom stereocenters. The zero-order chi connectivity index (χ0) is 13.5. The molecule has 0 fully saturated rings. The van der Waals surface area contributed by atoms with E-state index < -0.39 is 0 Å². The highest BCUT2D eigenvalue weighted by Gasteiger charge is 2.16. The van der Waals surface area contributed by atoms with Crippen molar-refractivity contribution in [2.24, 2.45) is 0 Å². The van der Waals surface area contributed by atoms with Gasteiger partial charge in [-0.25, -0.2) is 0 Å². The number of anilines is 1. The third-order valence-electron chi connectivity index (χ3n) is 2.26. The number of nitrogens with zero attached hydrogens (tertiary/aromatic N) is 3. The van der Waals surface area contributed by atoms with E-state index in [4.69, 9.17) is 15.2 Å². The summed E-state index contributed by atoms with van der Waals surface area (Å²) in [7, 11) is 0. The number of thioether (sulfide) groups is 1. The molecule has 0 aliphatic rings. The minimum Gasteiger partial charge on any atom is -0.368 e. The molecule has 2 N–H and O–H groups in total. The van der Waals surface area contributed by atoms with Crippen LogP contribution < -0.4 is 5.73 Å². The van der Waals surface area contributed by atoms with Crippen LogP contribution in [0, 0.1) is 0 Å². The Kier molecular flexibility index (Phi) is 6.45. The quantitative estimate of drug-likeness (QED) is 0.576. The normalized spacial score (nSPS) is 11.7. The minimum absolute atomic E-state index is 0.219. The molecular weight excluding hydrogens is 252 g/mol. The smallest absolute Gasteiger partial charge is 0.222 e. The monoisotopic (exact) mass is 274 g/mol. The van der Waals surface area contributed by atoms with Crippen molar-refractivity contribution >= 4 is 17.7 Å². The van der Waals surface area contributed by atoms with Gasteiger partial charge < -0.3 is 15.2 Å². The molecule has 0 saturated carbocycles. The first-order chi connectivity index (χ1) is 8.60. The highest BCUT2D eigenvalue weighted by Crippen LogP contribution is 2.23. The van der Waals surface area contributed by atoms with Crippen molar-refractivity contribution in [2.75, 3.05) is 24.7 Å². The van der Waals surface area contributed by atoms with Gasteiger partial charge in [0.1, 0.15) is 0 Å². The number of rotatable bonds is 8. The maximum atomic E-state index is 5.78. The lowest BCUT2D eigenvalue weighted by atomic mass is 10.4. The van der Waals surface area contributed by atoms with E-state index in [2.05, 4.69) is 10.2 Å². The van der Waals surface area contributed by atoms with Gasteiger partial charge in [0.25, 0.3) is 0 Å². The lowest BCUT2D eigenvalue weighted by Gasteiger charge is -2.17. The fourth-order valence-corrected chi connectivity index (χ4v) is 2.55. The van der Waals surface area contributed by atoms with Gasteiger partial charge in [-0.1, -0.05) is 11.8 Å². The third kappa shape index (κ3) is 4.15. The van der Waals surface area contributed by atoms with E-state index in [0.29, 0.717) is 24.9 Å². The molecule has 0 aliphatic carbocycles. The van der Waals surface area contributed by atoms with Crippen LogP contribution in [0.1, 0.15) is 33.7 Å². The SMILES string of the molecule is CCOC(CSc1nnc(N)n1C(C)C)OCC. The van der Waals surface area contributed by atoms with E-state index in [1.54, 1.807) is 11.8 Å². The van der Waals surface area contributed by atoms with Gasteiger partial charge in [0.2, 0.25) is 5.95 Å². The van der Waals surface area contributed by atoms with Crippen LogP contribution in [0.5, 0.6) is 0 Å². The maximum absolute atomic E-state index is 5.78. The summed E-state index contributed by atoms with van der Waals surface area (Å²) in [5, 5.41) is 8.76. The Hall–Kier alpha value is -0.790. The van der Waals surface area contributed by atoms with Crippen molar-refractivity contribution in [1.29, 1.82) is 0 Å². The largest absolute Gasteiger partial charge is 0.368 e. The van der Waals surface area contributed by atoms with Gasteiger partial charge in [0.15, 0.2) is 11.4 Å². The topological polar surface area (TPSA) is 75.2 Å². The average molecular weight is 274 g/mol. The zero-order valence-corrected chi connectivity index (χ0v) is 12.2. The Labute approximate surface area is 112 Å². The molecule has 1 aromatic rings. The lowest BCUT2D eigenvalue weighted by molar-refractivity contribution is -0.120. The first-order valence-electron chi connectivity index (χ1n) is 6.16. The molecule has 104 valence electrons. The van der Waals surface area contributed by atoms with E-state index in [1.807, 2.05) is 32.3 Å². The summed E-state index contributed by atoms with van der Waals surface area (Å²) >= 11 is 1.54. The van der Waals surface area contributed by atoms with E-state index in [0.717, 1.165) is 5.16 Å². The predicted octanol–water partition coefficient (Wildman–Crippen LogP) is 1.93. The van der Waals surface area contributed by atoms with E-state index >= 15 is 0 Å². The van der Waals surface area contributed by atoms with Crippen LogP contribution in [0.25, 0.3) is 0 Å². The standard InChI is InChI=1S/C11H22N4O2S/c1-5-16-9(17-6-2)7-18-11-14-13-10(12)15(11)8(3)4/h8-9H,5-7H2,1-4H3,(H2,12,13). The molecule has 18 heavy (non-hydrogen) atoms. The first-order valence-corrected chi connectivity index (χ1v) is 7.15. The Morgan fingerprint density at radius 1 is 1.22 bits per heavy atom. The van der Waals surface area contributed by atoms with E-state index in [1.165, 1.54) is 0 Å². The number of hydrogen-bond acceptors (Lipinski definition) is 6. The summed E-state index contributed by atoms with van der Waals surface area (Å²) in [6.45, 7) is 9.25. The lowest BCUT2D eigenvalue weighted by Crippen LogP contribution is -2.20. The van der Waals surface area contributed by atoms with Crippen LogP contribution in [-0.4, -0.2) is 40.0 Å². The predicted molar refractivity (Wildman–Crippen MR) is 72.6 cm³/mol. The molecule has 1 heterocycles. The fraction of sp³-hybridized carbons (Fsp3) is 0.818. The maximum Gasteiger partial charge on any atom is 0.222 e. The molecule has 1 aromatic heterocycles. The molecule has 1 rings (SSSR count). The van der Waals surface area contributed by atoms with Crippen molar-refractivity contribution in [3.8, 4) is 0 Å². The number of aromatic nitrogens is 3. The summed E-state index contributed by atoms with van der Waals surface area (Å²) < 4.78 is 12.9. The van der Waals surface area contributed by atoms with Crippen LogP contribution in [0.2, 0.25) is 0 Å². The molecule has 0 aromatic carbocycles. The van der Waals surface area contributed by atoms with Gasteiger partial charge in [0, 0.05) is 19.3 Å². The van der Waals surface area contributed by atoms with E-state index in [9.17, 15) is 0 Å². The number of hydrogen-bond donors (Lipinski definition) is 1. The van der Waals surface area contributed by atoms with Crippen LogP contribution in [-0.2, 0) is 9.47 Å². The van der Waals surface area contributed by atoms with E-state index in [-0.39, 0.29) is 12.3 Å². The molecule has 0 atom stereocenters. The van der Waals surface area contributed by atoms with Gasteiger partial charge in [0.05, 0.1) is 5.75 Å². The van der Waals surface area contributed by atoms with Crippen LogP contribution in [0.15, 0.2) is 5.16 Å². The van der Waals surface area contributed by atoms with Crippen LogP contribution in [0.3, 0.4) is 0 Å². The molecule has 7 heteroatoms. The molecule has 0 spiro atoms. The highest BCUT2D eigenvalue weighted by molar-refractivity contribution is 7.99. The van der Waals surface area contributed by atoms with Gasteiger partial charge in [-0.05, 0) is 27.7 Å². The highest BCUT2D eigenvalue weighted by atomic mass is 32.2. The summed E-state index contributed by atoms with van der Waals surface area (Å²) in [4.78, 5) is 0. The molecule has 0 saturated heterocycles. The third-order valence-corrected chi connectivity index (χ3v) is 3.24. The first kappa shape index (κ1) is 15.3. The Morgan fingerprint density at radius 2 is 1.83 bits per heavy atom. The second kappa shape index (κ2) is 7.60. The minimum atomic E-state index is -0.219. The Bertz CT molecular complexity index is 351. The van der Waals surface area contributed by atoms with Crippen molar-refractivity contribution < 1.29 is 9.47 Å². The molecule has 0 aliphatic heterocycles. The number of ether oxygens (including phenoxy) is 2. The van der Waals surface area contributed by atoms with Crippen molar-refractivity contribution in [3.05, 3.63) is 0 Å². The Morgan fingerprint density at radius 3 is 2.33 bits per heavy atom. The second-order valence-electron chi connectivity index (χ2n) is 3.96. The van der Waals surface area contributed by atoms with Gasteiger partial charge in [-0.2, -0.15) is 0 Å². The van der Waals surface area contributed by atoms with Crippen LogP contribution in [0.4, 0.5) is 5.95 Å². The summed E-state index contributed by atoms with van der Waals surface area (Å²) in [6, 6.07) is 0.236. The van der Waals surface area contributed by atoms with Gasteiger partial charge in [-0.3, -0.25) is 4.57 Å². The fourth-order valence-electron chi connectivity index (χ4n) is 1.53. The average Bonchev–Trinajstić information content (AvgIpc) is 2.68. The molecule has 6 nitrogen and oxygen atoms in total. The second-order valence-corrected chi connectivity index (χ2v) is 4.94. The van der Waals surface area contributed by atoms with Crippen molar-refractivity contribution in [2.45, 2.75) is 45.2 Å². The summed E-state index contributed by atoms with van der Waals surface area (Å²) in [5.74, 6) is 1.11. The molecule has 0 bridgehead atoms. The zero-order valence-electron chi connectivity index (χ0n) is 11.4. The molecule has 0 radical (unpaired) electrons. The van der Waals surface area contributed by atoms with Crippen molar-refractivity contribution in [1.82, 2.24) is 14.8 Å². The van der Waals surface area contributed by atoms with Crippen molar-refractivity contribution in [3.63, 3.8) is 0 Å². The summed E-state index contributed by atoms with van der Waals surface area (Å²) in [6.07, 6.45) is -0.219. The summed E-state index contributed by atoms with van der Waals surface area (Å²) in [5.41, 5.74) is 5.78. The number of nitrogens with two attached hydrogens (primary N) is 1. The van der Waals surface area contributed by atoms with Gasteiger partial charge >= 0.3 is 0 Å². The molecule has 0 amide bonds.